The van der Waals surface area contributed by atoms with E-state index >= 15 is 0 Å². The molecule has 2 heterocycles. The smallest absolute Gasteiger partial charge is 0.230 e. The zero-order chi connectivity index (χ0) is 20.0. The average molecular weight is 406 g/mol. The summed E-state index contributed by atoms with van der Waals surface area (Å²) >= 11 is 1.83. The van der Waals surface area contributed by atoms with E-state index in [1.165, 1.54) is 17.7 Å². The van der Waals surface area contributed by atoms with E-state index in [4.69, 9.17) is 0 Å². The van der Waals surface area contributed by atoms with Gasteiger partial charge in [-0.3, -0.25) is 14.7 Å². The van der Waals surface area contributed by atoms with Crippen LogP contribution in [-0.2, 0) is 4.79 Å². The van der Waals surface area contributed by atoms with E-state index in [9.17, 15) is 4.79 Å². The van der Waals surface area contributed by atoms with Gasteiger partial charge in [0, 0.05) is 39.1 Å². The first-order valence-electron chi connectivity index (χ1n) is 10.5. The number of hydrogen-bond acceptors (Lipinski definition) is 4. The Labute approximate surface area is 173 Å². The summed E-state index contributed by atoms with van der Waals surface area (Å²) in [4.78, 5) is 22.9. The van der Waals surface area contributed by atoms with Crippen molar-refractivity contribution in [1.82, 2.24) is 20.4 Å². The van der Waals surface area contributed by atoms with Crippen LogP contribution >= 0.6 is 11.3 Å². The number of nitrogens with one attached hydrogen (secondary N) is 2. The molecule has 3 rings (SSSR count). The SMILES string of the molecule is CN=C(NCC(c1cccs1)N1CCCC1)NCC1(C(=O)N(C)C)CCCC1. The molecule has 1 amide bonds. The van der Waals surface area contributed by atoms with Gasteiger partial charge in [0.2, 0.25) is 5.91 Å². The number of likely N-dealkylation sites (tertiary alicyclic amines) is 1. The number of guanidine groups is 1. The van der Waals surface area contributed by atoms with Crippen LogP contribution < -0.4 is 10.6 Å². The van der Waals surface area contributed by atoms with Gasteiger partial charge >= 0.3 is 0 Å². The molecular formula is C21H35N5OS. The van der Waals surface area contributed by atoms with E-state index in [2.05, 4.69) is 38.0 Å². The molecule has 1 aromatic heterocycles. The van der Waals surface area contributed by atoms with E-state index in [0.29, 0.717) is 12.6 Å². The third-order valence-electron chi connectivity index (χ3n) is 6.15. The molecule has 156 valence electrons. The number of thiophene rings is 1. The highest BCUT2D eigenvalue weighted by molar-refractivity contribution is 7.10. The zero-order valence-corrected chi connectivity index (χ0v) is 18.4. The molecule has 1 atom stereocenters. The lowest BCUT2D eigenvalue weighted by molar-refractivity contribution is -0.138. The number of carbonyl (C=O) groups is 1. The highest BCUT2D eigenvalue weighted by Gasteiger charge is 2.42. The first-order chi connectivity index (χ1) is 13.6. The summed E-state index contributed by atoms with van der Waals surface area (Å²) < 4.78 is 0. The Morgan fingerprint density at radius 3 is 2.54 bits per heavy atom. The Balaban J connectivity index is 1.59. The van der Waals surface area contributed by atoms with Crippen molar-refractivity contribution in [2.24, 2.45) is 10.4 Å². The van der Waals surface area contributed by atoms with Crippen LogP contribution in [0.2, 0.25) is 0 Å². The largest absolute Gasteiger partial charge is 0.355 e. The minimum absolute atomic E-state index is 0.237. The Morgan fingerprint density at radius 1 is 1.25 bits per heavy atom. The predicted molar refractivity (Wildman–Crippen MR) is 117 cm³/mol. The fourth-order valence-corrected chi connectivity index (χ4v) is 5.46. The molecule has 2 aliphatic rings. The summed E-state index contributed by atoms with van der Waals surface area (Å²) in [5.74, 6) is 1.03. The fraction of sp³-hybridized carbons (Fsp3) is 0.714. The van der Waals surface area contributed by atoms with Gasteiger partial charge in [-0.25, -0.2) is 0 Å². The van der Waals surface area contributed by atoms with Crippen molar-refractivity contribution in [3.05, 3.63) is 22.4 Å². The van der Waals surface area contributed by atoms with E-state index in [1.807, 2.05) is 25.4 Å². The van der Waals surface area contributed by atoms with Crippen molar-refractivity contribution in [2.45, 2.75) is 44.6 Å². The quantitative estimate of drug-likeness (QED) is 0.541. The van der Waals surface area contributed by atoms with Gasteiger partial charge in [-0.05, 0) is 50.2 Å². The molecular weight excluding hydrogens is 370 g/mol. The molecule has 0 spiro atoms. The lowest BCUT2D eigenvalue weighted by atomic mass is 9.84. The standard InChI is InChI=1S/C21H35N5OS/c1-22-20(24-16-21(10-4-5-11-21)19(27)25(2)3)23-15-17(18-9-8-14-28-18)26-12-6-7-13-26/h8-9,14,17H,4-7,10-13,15-16H2,1-3H3,(H2,22,23,24). The first kappa shape index (κ1) is 21.1. The van der Waals surface area contributed by atoms with Gasteiger partial charge in [-0.1, -0.05) is 18.9 Å². The molecule has 1 aliphatic heterocycles. The van der Waals surface area contributed by atoms with Crippen LogP contribution in [0, 0.1) is 5.41 Å². The van der Waals surface area contributed by atoms with Crippen molar-refractivity contribution in [2.75, 3.05) is 47.3 Å². The summed E-state index contributed by atoms with van der Waals surface area (Å²) in [6, 6.07) is 4.74. The topological polar surface area (TPSA) is 60.0 Å². The van der Waals surface area contributed by atoms with Gasteiger partial charge in [-0.15, -0.1) is 11.3 Å². The molecule has 7 heteroatoms. The van der Waals surface area contributed by atoms with Crippen LogP contribution in [0.1, 0.15) is 49.4 Å². The maximum Gasteiger partial charge on any atom is 0.230 e. The van der Waals surface area contributed by atoms with E-state index < -0.39 is 0 Å². The number of nitrogens with zero attached hydrogens (tertiary/aromatic N) is 3. The van der Waals surface area contributed by atoms with E-state index in [0.717, 1.165) is 51.3 Å². The summed E-state index contributed by atoms with van der Waals surface area (Å²) in [6.45, 7) is 3.80. The van der Waals surface area contributed by atoms with Crippen LogP contribution in [0.3, 0.4) is 0 Å². The highest BCUT2D eigenvalue weighted by Crippen LogP contribution is 2.39. The molecule has 1 aromatic rings. The number of amides is 1. The van der Waals surface area contributed by atoms with Crippen LogP contribution in [-0.4, -0.2) is 69.0 Å². The Hall–Kier alpha value is -1.60. The van der Waals surface area contributed by atoms with Gasteiger partial charge in [0.05, 0.1) is 11.5 Å². The molecule has 1 saturated heterocycles. The van der Waals surface area contributed by atoms with Gasteiger partial charge in [0.15, 0.2) is 5.96 Å². The number of carbonyl (C=O) groups excluding carboxylic acids is 1. The third kappa shape index (κ3) is 4.87. The molecule has 0 aromatic carbocycles. The summed E-state index contributed by atoms with van der Waals surface area (Å²) in [6.07, 6.45) is 6.73. The average Bonchev–Trinajstić information content (AvgIpc) is 3.47. The number of aliphatic imine (C=N–C) groups is 1. The van der Waals surface area contributed by atoms with Crippen molar-refractivity contribution in [3.63, 3.8) is 0 Å². The molecule has 2 fully saturated rings. The van der Waals surface area contributed by atoms with Crippen molar-refractivity contribution < 1.29 is 4.79 Å². The maximum absolute atomic E-state index is 12.8. The summed E-state index contributed by atoms with van der Waals surface area (Å²) in [5, 5.41) is 9.13. The van der Waals surface area contributed by atoms with E-state index in [1.54, 1.807) is 11.9 Å². The molecule has 1 unspecified atom stereocenters. The highest BCUT2D eigenvalue weighted by atomic mass is 32.1. The molecule has 2 N–H and O–H groups in total. The second-order valence-electron chi connectivity index (χ2n) is 8.27. The molecule has 0 bridgehead atoms. The second kappa shape index (κ2) is 9.74. The van der Waals surface area contributed by atoms with Gasteiger partial charge in [0.25, 0.3) is 0 Å². The molecule has 0 radical (unpaired) electrons. The van der Waals surface area contributed by atoms with E-state index in [-0.39, 0.29) is 11.3 Å². The lowest BCUT2D eigenvalue weighted by Crippen LogP contribution is -2.50. The van der Waals surface area contributed by atoms with Crippen molar-refractivity contribution in [3.8, 4) is 0 Å². The Kier molecular flexibility index (Phi) is 7.35. The fourth-order valence-electron chi connectivity index (χ4n) is 4.60. The zero-order valence-electron chi connectivity index (χ0n) is 17.5. The van der Waals surface area contributed by atoms with Crippen molar-refractivity contribution >= 4 is 23.2 Å². The lowest BCUT2D eigenvalue weighted by Gasteiger charge is -2.32. The van der Waals surface area contributed by atoms with Gasteiger partial charge in [-0.2, -0.15) is 0 Å². The minimum atomic E-state index is -0.288. The van der Waals surface area contributed by atoms with Crippen molar-refractivity contribution in [1.29, 1.82) is 0 Å². The first-order valence-corrected chi connectivity index (χ1v) is 11.4. The van der Waals surface area contributed by atoms with Gasteiger partial charge < -0.3 is 15.5 Å². The normalized spacial score (nSPS) is 20.9. The summed E-state index contributed by atoms with van der Waals surface area (Å²) in [5.41, 5.74) is -0.288. The third-order valence-corrected chi connectivity index (χ3v) is 7.13. The monoisotopic (exact) mass is 405 g/mol. The molecule has 1 saturated carbocycles. The maximum atomic E-state index is 12.8. The second-order valence-corrected chi connectivity index (χ2v) is 9.25. The van der Waals surface area contributed by atoms with Crippen LogP contribution in [0.5, 0.6) is 0 Å². The molecule has 28 heavy (non-hydrogen) atoms. The Morgan fingerprint density at radius 2 is 1.96 bits per heavy atom. The van der Waals surface area contributed by atoms with Gasteiger partial charge in [0.1, 0.15) is 0 Å². The van der Waals surface area contributed by atoms with Crippen LogP contribution in [0.4, 0.5) is 0 Å². The molecule has 6 nitrogen and oxygen atoms in total. The Bertz CT molecular complexity index is 646. The van der Waals surface area contributed by atoms with Crippen LogP contribution in [0.15, 0.2) is 22.5 Å². The number of rotatable bonds is 7. The number of hydrogen-bond donors (Lipinski definition) is 2. The predicted octanol–water partition coefficient (Wildman–Crippen LogP) is 2.70. The van der Waals surface area contributed by atoms with Crippen LogP contribution in [0.25, 0.3) is 0 Å². The summed E-state index contributed by atoms with van der Waals surface area (Å²) in [7, 11) is 5.52. The minimum Gasteiger partial charge on any atom is -0.355 e. The molecule has 1 aliphatic carbocycles.